The van der Waals surface area contributed by atoms with E-state index < -0.39 is 0 Å². The zero-order valence-corrected chi connectivity index (χ0v) is 8.44. The van der Waals surface area contributed by atoms with Gasteiger partial charge in [0.15, 0.2) is 0 Å². The molecule has 0 N–H and O–H groups in total. The largest absolute Gasteiger partial charge is 0 e. The van der Waals surface area contributed by atoms with Crippen LogP contribution in [-0.2, 0) is 38.1 Å². The molecule has 0 amide bonds. The van der Waals surface area contributed by atoms with Gasteiger partial charge in [0.25, 0.3) is 0 Å². The van der Waals surface area contributed by atoms with E-state index >= 15 is 0 Å². The Bertz CT molecular complexity index is 11.6. The molecule has 0 aromatic heterocycles. The maximum absolute atomic E-state index is 0. The Hall–Kier alpha value is 5.48. The predicted octanol–water partition coefficient (Wildman–Crippen LogP) is -1.57. The summed E-state index contributed by atoms with van der Waals surface area (Å²) >= 11 is 0. The van der Waals surface area contributed by atoms with Gasteiger partial charge >= 0.3 is 89.1 Å². The van der Waals surface area contributed by atoms with Gasteiger partial charge in [-0.25, -0.2) is 0 Å². The molecule has 0 radical (unpaired) electrons. The molecule has 0 aromatic carbocycles. The van der Waals surface area contributed by atoms with E-state index in [4.69, 9.17) is 0 Å². The first-order chi connectivity index (χ1) is 0. The van der Waals surface area contributed by atoms with Crippen LogP contribution in [0.25, 0.3) is 0 Å². The minimum atomic E-state index is 0. The van der Waals surface area contributed by atoms with Crippen molar-refractivity contribution in [3.63, 3.8) is 0 Å². The summed E-state index contributed by atoms with van der Waals surface area (Å²) in [5.74, 6) is 0. The summed E-state index contributed by atoms with van der Waals surface area (Å²) in [5.41, 5.74) is 0. The number of rotatable bonds is 0. The van der Waals surface area contributed by atoms with Crippen LogP contribution in [0.3, 0.4) is 0 Å². The molecular weight excluding hydrogens is 459 g/mol. The van der Waals surface area contributed by atoms with Crippen LogP contribution in [0, 0.1) is 41.7 Å². The Balaban J connectivity index is 0. The van der Waals surface area contributed by atoms with Crippen LogP contribution >= 0.6 is 0 Å². The standard InChI is InChI=1S/Ca.Ce.Fe.K.W.3H. The fourth-order valence-corrected chi connectivity index (χ4v) is 0. The molecule has 0 saturated carbocycles. The normalized spacial score (nSPS) is 0. The van der Waals surface area contributed by atoms with Gasteiger partial charge in [-0.3, -0.25) is 0 Å². The van der Waals surface area contributed by atoms with Gasteiger partial charge in [0.05, 0.1) is 0 Å². The second-order valence-electron chi connectivity index (χ2n) is 0. The number of hydrogen-bond donors (Lipinski definition) is 0. The molecule has 5 heteroatoms. The third kappa shape index (κ3) is 17.7. The van der Waals surface area contributed by atoms with Crippen molar-refractivity contribution in [2.24, 2.45) is 0 Å². The van der Waals surface area contributed by atoms with Crippen LogP contribution in [0.4, 0.5) is 0 Å². The van der Waals surface area contributed by atoms with Gasteiger partial charge in [0.2, 0.25) is 0 Å². The molecule has 0 rings (SSSR count). The molecule has 5 heavy (non-hydrogen) atoms. The molecule has 0 aliphatic rings. The average molecular weight is 462 g/mol. The third-order valence-corrected chi connectivity index (χ3v) is 0. The van der Waals surface area contributed by atoms with E-state index in [9.17, 15) is 0 Å². The summed E-state index contributed by atoms with van der Waals surface area (Å²) in [7, 11) is 0. The molecule has 0 aliphatic carbocycles. The second kappa shape index (κ2) is 22.7. The van der Waals surface area contributed by atoms with Crippen molar-refractivity contribution in [2.45, 2.75) is 0 Å². The average Bonchev–Trinajstić information content (AvgIpc) is 0. The smallest absolute Gasteiger partial charge is 0 e. The summed E-state index contributed by atoms with van der Waals surface area (Å²) in [4.78, 5) is 0. The third-order valence-electron chi connectivity index (χ3n) is 0. The Morgan fingerprint density at radius 3 is 1.00 bits per heavy atom. The topological polar surface area (TPSA) is 0 Å². The first kappa shape index (κ1) is 31.4. The second-order valence-corrected chi connectivity index (χ2v) is 0. The summed E-state index contributed by atoms with van der Waals surface area (Å²) in [6.45, 7) is 0. The van der Waals surface area contributed by atoms with Crippen LogP contribution in [0.1, 0.15) is 0 Å². The Morgan fingerprint density at radius 1 is 1.00 bits per heavy atom. The van der Waals surface area contributed by atoms with Gasteiger partial charge in [-0.15, -0.1) is 0 Å². The molecule has 24 valence electrons. The maximum atomic E-state index is 0. The van der Waals surface area contributed by atoms with Crippen LogP contribution in [0.2, 0.25) is 0 Å². The van der Waals surface area contributed by atoms with Crippen molar-refractivity contribution in [1.29, 1.82) is 0 Å². The van der Waals surface area contributed by atoms with E-state index in [-0.39, 0.29) is 169 Å². The molecule has 0 nitrogen and oxygen atoms in total. The van der Waals surface area contributed by atoms with Gasteiger partial charge in [-0.2, -0.15) is 0 Å². The molecule has 0 aliphatic heterocycles. The van der Waals surface area contributed by atoms with E-state index in [1.165, 1.54) is 0 Å². The van der Waals surface area contributed by atoms with Crippen LogP contribution in [-0.4, -0.2) is 89.1 Å². The molecule has 0 fully saturated rings. The SMILES string of the molecule is [CaH2].[Ce].[Fe].[KH].[W]. The summed E-state index contributed by atoms with van der Waals surface area (Å²) in [5, 5.41) is 0. The molecule has 0 unspecified atom stereocenters. The van der Waals surface area contributed by atoms with Gasteiger partial charge in [-0.1, -0.05) is 0 Å². The molecule has 0 aromatic rings. The van der Waals surface area contributed by atoms with Gasteiger partial charge in [-0.05, 0) is 0 Å². The van der Waals surface area contributed by atoms with Gasteiger partial charge in [0, 0.05) is 79.9 Å². The molecule has 0 atom stereocenters. The summed E-state index contributed by atoms with van der Waals surface area (Å²) < 4.78 is 0. The maximum Gasteiger partial charge on any atom is 0 e. The quantitative estimate of drug-likeness (QED) is 0.382. The van der Waals surface area contributed by atoms with Crippen LogP contribution in [0.5, 0.6) is 0 Å². The van der Waals surface area contributed by atoms with Gasteiger partial charge in [0.1, 0.15) is 0 Å². The summed E-state index contributed by atoms with van der Waals surface area (Å²) in [6, 6.07) is 0. The fraction of sp³-hybridized carbons (Fsp3) is 0. The monoisotopic (exact) mass is 462 g/mol. The van der Waals surface area contributed by atoms with E-state index in [0.29, 0.717) is 0 Å². The minimum Gasteiger partial charge on any atom is 0 e. The van der Waals surface area contributed by atoms with Gasteiger partial charge < -0.3 is 0 Å². The van der Waals surface area contributed by atoms with E-state index in [1.54, 1.807) is 0 Å². The molecule has 0 bridgehead atoms. The summed E-state index contributed by atoms with van der Waals surface area (Å²) in [6.07, 6.45) is 0. The minimum absolute atomic E-state index is 0. The van der Waals surface area contributed by atoms with Crippen molar-refractivity contribution >= 4 is 89.1 Å². The van der Waals surface area contributed by atoms with Crippen molar-refractivity contribution in [2.75, 3.05) is 0 Å². The fourth-order valence-electron chi connectivity index (χ4n) is 0. The van der Waals surface area contributed by atoms with E-state index in [1.807, 2.05) is 0 Å². The van der Waals surface area contributed by atoms with Crippen LogP contribution < -0.4 is 0 Å². The first-order valence-electron chi connectivity index (χ1n) is 0. The van der Waals surface area contributed by atoms with E-state index in [2.05, 4.69) is 0 Å². The van der Waals surface area contributed by atoms with Crippen molar-refractivity contribution in [3.8, 4) is 0 Å². The first-order valence-corrected chi connectivity index (χ1v) is 0. The Morgan fingerprint density at radius 2 is 1.00 bits per heavy atom. The Kier molecular flexibility index (Phi) is 142. The number of hydrogen-bond acceptors (Lipinski definition) is 0. The van der Waals surface area contributed by atoms with Crippen molar-refractivity contribution in [1.82, 2.24) is 0 Å². The molecule has 0 heterocycles. The van der Waals surface area contributed by atoms with Crippen molar-refractivity contribution < 1.29 is 79.9 Å². The van der Waals surface area contributed by atoms with Crippen LogP contribution in [0.15, 0.2) is 0 Å². The molecule has 0 saturated heterocycles. The van der Waals surface area contributed by atoms with Crippen molar-refractivity contribution in [3.05, 3.63) is 0 Å². The Labute approximate surface area is 163 Å². The van der Waals surface area contributed by atoms with E-state index in [0.717, 1.165) is 0 Å². The predicted molar refractivity (Wildman–Crippen MR) is 15.7 cm³/mol. The molecular formula is H3CaCeFeKW. The molecule has 0 spiro atoms. The zero-order valence-electron chi connectivity index (χ0n) is 1.26. The zero-order chi connectivity index (χ0) is 0.